The first-order valence-corrected chi connectivity index (χ1v) is 13.6. The zero-order valence-corrected chi connectivity index (χ0v) is 20.9. The Morgan fingerprint density at radius 2 is 1.80 bits per heavy atom. The molecule has 2 heterocycles. The number of nitrogens with one attached hydrogen (secondary N) is 1. The first-order chi connectivity index (χ1) is 16.8. The Morgan fingerprint density at radius 3 is 2.43 bits per heavy atom. The van der Waals surface area contributed by atoms with Crippen molar-refractivity contribution >= 4 is 15.9 Å². The Kier molecular flexibility index (Phi) is 7.83. The van der Waals surface area contributed by atoms with Gasteiger partial charge < -0.3 is 15.0 Å². The van der Waals surface area contributed by atoms with Gasteiger partial charge in [0.25, 0.3) is 0 Å². The van der Waals surface area contributed by atoms with E-state index < -0.39 is 9.84 Å². The Balaban J connectivity index is 1.25. The second-order valence-electron chi connectivity index (χ2n) is 9.09. The summed E-state index contributed by atoms with van der Waals surface area (Å²) in [4.78, 5) is 19.1. The van der Waals surface area contributed by atoms with Crippen molar-refractivity contribution in [2.75, 3.05) is 19.3 Å². The van der Waals surface area contributed by atoms with E-state index >= 15 is 0 Å². The number of likely N-dealkylation sites (tertiary alicyclic amines) is 1. The maximum Gasteiger partial charge on any atom is 0.410 e. The fourth-order valence-electron chi connectivity index (χ4n) is 4.25. The van der Waals surface area contributed by atoms with Crippen molar-refractivity contribution in [3.8, 4) is 11.3 Å². The van der Waals surface area contributed by atoms with E-state index in [4.69, 9.17) is 4.74 Å². The summed E-state index contributed by atoms with van der Waals surface area (Å²) in [6.45, 7) is 4.45. The molecular weight excluding hydrogens is 462 g/mol. The van der Waals surface area contributed by atoms with Gasteiger partial charge >= 0.3 is 6.09 Å². The minimum Gasteiger partial charge on any atom is -0.445 e. The van der Waals surface area contributed by atoms with Gasteiger partial charge in [-0.15, -0.1) is 0 Å². The number of sulfone groups is 1. The van der Waals surface area contributed by atoms with Gasteiger partial charge in [-0.3, -0.25) is 4.98 Å². The highest BCUT2D eigenvalue weighted by Crippen LogP contribution is 2.21. The van der Waals surface area contributed by atoms with Crippen LogP contribution < -0.4 is 5.32 Å². The molecule has 0 aliphatic carbocycles. The third-order valence-corrected chi connectivity index (χ3v) is 7.47. The van der Waals surface area contributed by atoms with Crippen LogP contribution in [0.15, 0.2) is 77.8 Å². The molecule has 2 unspecified atom stereocenters. The van der Waals surface area contributed by atoms with E-state index in [0.717, 1.165) is 28.8 Å². The van der Waals surface area contributed by atoms with E-state index in [1.165, 1.54) is 6.26 Å². The normalized spacial score (nSPS) is 18.3. The Hall–Kier alpha value is -3.23. The molecule has 184 valence electrons. The summed E-state index contributed by atoms with van der Waals surface area (Å²) in [5.74, 6) is 0.300. The summed E-state index contributed by atoms with van der Waals surface area (Å²) in [6.07, 6.45) is 3.64. The van der Waals surface area contributed by atoms with Gasteiger partial charge in [0.05, 0.1) is 10.6 Å². The van der Waals surface area contributed by atoms with Crippen molar-refractivity contribution in [3.05, 3.63) is 84.1 Å². The molecule has 7 nitrogen and oxygen atoms in total. The van der Waals surface area contributed by atoms with Gasteiger partial charge in [0.2, 0.25) is 0 Å². The molecule has 2 aromatic carbocycles. The van der Waals surface area contributed by atoms with Crippen molar-refractivity contribution in [1.82, 2.24) is 15.2 Å². The third-order valence-electron chi connectivity index (χ3n) is 6.34. The molecule has 0 spiro atoms. The summed E-state index contributed by atoms with van der Waals surface area (Å²) in [7, 11) is -3.21. The Bertz CT molecular complexity index is 1230. The smallest absolute Gasteiger partial charge is 0.410 e. The predicted molar refractivity (Wildman–Crippen MR) is 135 cm³/mol. The number of carbonyl (C=O) groups is 1. The lowest BCUT2D eigenvalue weighted by Crippen LogP contribution is -2.50. The first-order valence-electron chi connectivity index (χ1n) is 11.7. The van der Waals surface area contributed by atoms with Crippen molar-refractivity contribution in [1.29, 1.82) is 0 Å². The second-order valence-corrected chi connectivity index (χ2v) is 11.1. The second kappa shape index (κ2) is 11.0. The van der Waals surface area contributed by atoms with Crippen LogP contribution in [0.2, 0.25) is 0 Å². The Labute approximate surface area is 207 Å². The lowest BCUT2D eigenvalue weighted by atomic mass is 9.94. The van der Waals surface area contributed by atoms with Crippen molar-refractivity contribution in [2.24, 2.45) is 5.92 Å². The van der Waals surface area contributed by atoms with Gasteiger partial charge in [-0.2, -0.15) is 0 Å². The monoisotopic (exact) mass is 493 g/mol. The molecule has 35 heavy (non-hydrogen) atoms. The topological polar surface area (TPSA) is 88.6 Å². The summed E-state index contributed by atoms with van der Waals surface area (Å²) >= 11 is 0. The average Bonchev–Trinajstić information content (AvgIpc) is 2.87. The van der Waals surface area contributed by atoms with E-state index in [2.05, 4.69) is 17.2 Å². The number of pyridine rings is 1. The van der Waals surface area contributed by atoms with Crippen LogP contribution in [-0.4, -0.2) is 49.8 Å². The summed E-state index contributed by atoms with van der Waals surface area (Å²) < 4.78 is 28.8. The van der Waals surface area contributed by atoms with Crippen LogP contribution >= 0.6 is 0 Å². The van der Waals surface area contributed by atoms with Gasteiger partial charge in [0.1, 0.15) is 6.61 Å². The quantitative estimate of drug-likeness (QED) is 0.528. The standard InChI is InChI=1S/C27H31N3O4S/c1-20-18-30(27(31)34-19-21-6-4-3-5-7-21)15-14-25(20)28-16-22-8-13-26(29-17-22)23-9-11-24(12-10-23)35(2,32)33/h3-13,17,20,25,28H,14-16,18-19H2,1-2H3. The zero-order valence-electron chi connectivity index (χ0n) is 20.1. The van der Waals surface area contributed by atoms with Crippen LogP contribution in [0.1, 0.15) is 24.5 Å². The fraction of sp³-hybridized carbons (Fsp3) is 0.333. The fourth-order valence-corrected chi connectivity index (χ4v) is 4.88. The maximum absolute atomic E-state index is 12.5. The molecule has 0 radical (unpaired) electrons. The van der Waals surface area contributed by atoms with Crippen molar-refractivity contribution in [3.63, 3.8) is 0 Å². The molecule has 1 saturated heterocycles. The number of aromatic nitrogens is 1. The highest BCUT2D eigenvalue weighted by molar-refractivity contribution is 7.90. The first kappa shape index (κ1) is 24.9. The molecule has 0 saturated carbocycles. The molecule has 1 aromatic heterocycles. The number of piperidine rings is 1. The number of hydrogen-bond donors (Lipinski definition) is 1. The molecule has 1 aliphatic rings. The molecule has 1 N–H and O–H groups in total. The van der Waals surface area contributed by atoms with E-state index in [1.54, 1.807) is 29.2 Å². The van der Waals surface area contributed by atoms with Crippen LogP contribution in [0.4, 0.5) is 4.79 Å². The van der Waals surface area contributed by atoms with Gasteiger partial charge in [-0.1, -0.05) is 55.5 Å². The van der Waals surface area contributed by atoms with Crippen LogP contribution in [0.25, 0.3) is 11.3 Å². The van der Waals surface area contributed by atoms with E-state index in [-0.39, 0.29) is 12.7 Å². The number of hydrogen-bond acceptors (Lipinski definition) is 6. The number of carbonyl (C=O) groups excluding carboxylic acids is 1. The van der Waals surface area contributed by atoms with Crippen molar-refractivity contribution in [2.45, 2.75) is 37.4 Å². The lowest BCUT2D eigenvalue weighted by molar-refractivity contribution is 0.0732. The maximum atomic E-state index is 12.5. The number of rotatable bonds is 7. The van der Waals surface area contributed by atoms with Crippen molar-refractivity contribution < 1.29 is 17.9 Å². The molecule has 1 fully saturated rings. The molecule has 2 atom stereocenters. The lowest BCUT2D eigenvalue weighted by Gasteiger charge is -2.36. The summed E-state index contributed by atoms with van der Waals surface area (Å²) in [5, 5.41) is 3.60. The Morgan fingerprint density at radius 1 is 1.06 bits per heavy atom. The third kappa shape index (κ3) is 6.68. The van der Waals surface area contributed by atoms with Gasteiger partial charge in [-0.05, 0) is 41.7 Å². The van der Waals surface area contributed by atoms with E-state index in [1.807, 2.05) is 48.7 Å². The minimum absolute atomic E-state index is 0.261. The molecular formula is C27H31N3O4S. The largest absolute Gasteiger partial charge is 0.445 e. The number of ether oxygens (including phenoxy) is 1. The number of benzene rings is 2. The highest BCUT2D eigenvalue weighted by atomic mass is 32.2. The molecule has 0 bridgehead atoms. The van der Waals surface area contributed by atoms with E-state index in [0.29, 0.717) is 36.5 Å². The highest BCUT2D eigenvalue weighted by Gasteiger charge is 2.29. The molecule has 1 aliphatic heterocycles. The summed E-state index contributed by atoms with van der Waals surface area (Å²) in [6, 6.07) is 20.7. The number of nitrogens with zero attached hydrogens (tertiary/aromatic N) is 2. The van der Waals surface area contributed by atoms with Gasteiger partial charge in [0.15, 0.2) is 9.84 Å². The van der Waals surface area contributed by atoms with Crippen LogP contribution in [-0.2, 0) is 27.7 Å². The molecule has 1 amide bonds. The van der Waals surface area contributed by atoms with Crippen LogP contribution in [0.3, 0.4) is 0 Å². The summed E-state index contributed by atoms with van der Waals surface area (Å²) in [5.41, 5.74) is 3.72. The van der Waals surface area contributed by atoms with Crippen LogP contribution in [0.5, 0.6) is 0 Å². The van der Waals surface area contributed by atoms with Crippen LogP contribution in [0, 0.1) is 5.92 Å². The molecule has 3 aromatic rings. The van der Waals surface area contributed by atoms with Gasteiger partial charge in [-0.25, -0.2) is 13.2 Å². The minimum atomic E-state index is -3.21. The molecule has 4 rings (SSSR count). The van der Waals surface area contributed by atoms with E-state index in [9.17, 15) is 13.2 Å². The van der Waals surface area contributed by atoms with Gasteiger partial charge in [0, 0.05) is 43.7 Å². The SMILES string of the molecule is CC1CN(C(=O)OCc2ccccc2)CCC1NCc1ccc(-c2ccc(S(C)(=O)=O)cc2)nc1. The molecule has 8 heteroatoms. The zero-order chi connectivity index (χ0) is 24.8. The predicted octanol–water partition coefficient (Wildman–Crippen LogP) is 4.29. The number of amides is 1. The average molecular weight is 494 g/mol.